The molecule has 0 saturated heterocycles. The molecule has 4 heterocycles. The van der Waals surface area contributed by atoms with Gasteiger partial charge in [0, 0.05) is 55.5 Å². The number of benzene rings is 7. The van der Waals surface area contributed by atoms with Gasteiger partial charge in [0.25, 0.3) is 0 Å². The van der Waals surface area contributed by atoms with Crippen LogP contribution in [-0.4, -0.2) is 24.9 Å². The van der Waals surface area contributed by atoms with Gasteiger partial charge in [0.1, 0.15) is 0 Å². The first-order chi connectivity index (χ1) is 29.2. The van der Waals surface area contributed by atoms with Gasteiger partial charge in [-0.15, -0.1) is 11.3 Å². The molecule has 0 bridgehead atoms. The van der Waals surface area contributed by atoms with Gasteiger partial charge in [-0.05, 0) is 57.6 Å². The monoisotopic (exact) mass is 771 g/mol. The van der Waals surface area contributed by atoms with Crippen molar-refractivity contribution in [2.75, 3.05) is 0 Å². The molecule has 11 aromatic rings. The molecule has 0 radical (unpaired) electrons. The molecule has 0 unspecified atom stereocenters. The molecular weight excluding hydrogens is 739 g/mol. The molecule has 0 N–H and O–H groups in total. The zero-order valence-corrected chi connectivity index (χ0v) is 32.5. The lowest BCUT2D eigenvalue weighted by molar-refractivity contribution is 1.07. The Bertz CT molecular complexity index is 3310. The van der Waals surface area contributed by atoms with Gasteiger partial charge in [-0.1, -0.05) is 164 Å². The largest absolute Gasteiger partial charge is 0.264 e. The van der Waals surface area contributed by atoms with Gasteiger partial charge in [0.15, 0.2) is 17.5 Å². The van der Waals surface area contributed by atoms with Gasteiger partial charge in [0.05, 0.1) is 15.9 Å². The fraction of sp³-hybridized carbons (Fsp3) is 0. The van der Waals surface area contributed by atoms with Crippen LogP contribution in [-0.2, 0) is 0 Å². The summed E-state index contributed by atoms with van der Waals surface area (Å²) in [6.07, 6.45) is 3.76. The summed E-state index contributed by atoms with van der Waals surface area (Å²) >= 11 is 1.79. The standard InChI is InChI=1S/C53H33N5S/c1-3-11-34(12-4-1)35-23-27-39(28-24-35)52-56-51(38-13-5-2-6-14-38)57-53(58-52)43-18-10-17-42(32-43)41-16-9-15-40(31-41)36-21-25-37(26-22-36)49-50-48(44-19-7-8-20-47(44)59-50)45-33-54-30-29-46(45)55-49/h1-33H. The van der Waals surface area contributed by atoms with E-state index in [0.717, 1.165) is 66.7 Å². The van der Waals surface area contributed by atoms with Crippen LogP contribution in [0.1, 0.15) is 0 Å². The molecule has 0 aliphatic heterocycles. The van der Waals surface area contributed by atoms with Crippen LogP contribution in [0.3, 0.4) is 0 Å². The highest BCUT2D eigenvalue weighted by atomic mass is 32.1. The number of fused-ring (bicyclic) bond motifs is 5. The summed E-state index contributed by atoms with van der Waals surface area (Å²) < 4.78 is 2.43. The van der Waals surface area contributed by atoms with E-state index < -0.39 is 0 Å². The number of pyridine rings is 2. The van der Waals surface area contributed by atoms with Crippen molar-refractivity contribution >= 4 is 42.4 Å². The fourth-order valence-electron chi connectivity index (χ4n) is 7.85. The van der Waals surface area contributed by atoms with Gasteiger partial charge in [0.2, 0.25) is 0 Å². The minimum Gasteiger partial charge on any atom is -0.264 e. The fourth-order valence-corrected chi connectivity index (χ4v) is 9.08. The summed E-state index contributed by atoms with van der Waals surface area (Å²) in [6, 6.07) is 65.5. The molecule has 0 amide bonds. The molecule has 11 rings (SSSR count). The van der Waals surface area contributed by atoms with Gasteiger partial charge in [-0.2, -0.15) is 0 Å². The molecular formula is C53H33N5S. The summed E-state index contributed by atoms with van der Waals surface area (Å²) in [5.74, 6) is 1.90. The van der Waals surface area contributed by atoms with Crippen molar-refractivity contribution in [3.63, 3.8) is 0 Å². The lowest BCUT2D eigenvalue weighted by atomic mass is 9.96. The second-order valence-corrected chi connectivity index (χ2v) is 15.6. The SMILES string of the molecule is c1ccc(-c2ccc(-c3nc(-c4ccccc4)nc(-c4cccc(-c5cccc(-c6ccc(-c7nc8ccncc8c8c7sc7ccccc78)cc6)c5)c4)n3)cc2)cc1. The lowest BCUT2D eigenvalue weighted by Gasteiger charge is -2.11. The normalized spacial score (nSPS) is 11.4. The second-order valence-electron chi connectivity index (χ2n) is 14.5. The smallest absolute Gasteiger partial charge is 0.164 e. The Morgan fingerprint density at radius 2 is 0.814 bits per heavy atom. The predicted octanol–water partition coefficient (Wildman–Crippen LogP) is 13.9. The van der Waals surface area contributed by atoms with Crippen molar-refractivity contribution in [1.29, 1.82) is 0 Å². The van der Waals surface area contributed by atoms with Crippen molar-refractivity contribution in [2.45, 2.75) is 0 Å². The van der Waals surface area contributed by atoms with Crippen LogP contribution in [0.15, 0.2) is 200 Å². The summed E-state index contributed by atoms with van der Waals surface area (Å²) in [5.41, 5.74) is 12.6. The molecule has 59 heavy (non-hydrogen) atoms. The maximum absolute atomic E-state index is 5.17. The van der Waals surface area contributed by atoms with E-state index >= 15 is 0 Å². The van der Waals surface area contributed by atoms with Crippen molar-refractivity contribution in [3.05, 3.63) is 200 Å². The lowest BCUT2D eigenvalue weighted by Crippen LogP contribution is -2.00. The third kappa shape index (κ3) is 6.52. The molecule has 0 aliphatic rings. The summed E-state index contributed by atoms with van der Waals surface area (Å²) in [5, 5.41) is 3.55. The highest BCUT2D eigenvalue weighted by Gasteiger charge is 2.17. The van der Waals surface area contributed by atoms with E-state index in [-0.39, 0.29) is 0 Å². The van der Waals surface area contributed by atoms with Crippen molar-refractivity contribution in [1.82, 2.24) is 24.9 Å². The average molecular weight is 772 g/mol. The highest BCUT2D eigenvalue weighted by Crippen LogP contribution is 2.43. The zero-order chi connectivity index (χ0) is 39.1. The van der Waals surface area contributed by atoms with Crippen LogP contribution < -0.4 is 0 Å². The molecule has 7 aromatic carbocycles. The van der Waals surface area contributed by atoms with Gasteiger partial charge in [-0.3, -0.25) is 4.98 Å². The maximum atomic E-state index is 5.17. The van der Waals surface area contributed by atoms with Crippen LogP contribution in [0.25, 0.3) is 110 Å². The molecule has 276 valence electrons. The van der Waals surface area contributed by atoms with Gasteiger partial charge < -0.3 is 0 Å². The number of thiophene rings is 1. The van der Waals surface area contributed by atoms with E-state index in [4.69, 9.17) is 19.9 Å². The van der Waals surface area contributed by atoms with Crippen LogP contribution in [0.4, 0.5) is 0 Å². The van der Waals surface area contributed by atoms with Crippen LogP contribution in [0, 0.1) is 0 Å². The second kappa shape index (κ2) is 14.7. The van der Waals surface area contributed by atoms with Crippen LogP contribution in [0.2, 0.25) is 0 Å². The van der Waals surface area contributed by atoms with Crippen molar-refractivity contribution in [3.8, 4) is 78.8 Å². The Morgan fingerprint density at radius 3 is 1.51 bits per heavy atom. The molecule has 0 aliphatic carbocycles. The van der Waals surface area contributed by atoms with Crippen molar-refractivity contribution < 1.29 is 0 Å². The quantitative estimate of drug-likeness (QED) is 0.161. The number of nitrogens with zero attached hydrogens (tertiary/aromatic N) is 5. The first-order valence-electron chi connectivity index (χ1n) is 19.6. The molecule has 6 heteroatoms. The molecule has 0 atom stereocenters. The molecule has 0 saturated carbocycles. The summed E-state index contributed by atoms with van der Waals surface area (Å²) in [7, 11) is 0. The number of hydrogen-bond acceptors (Lipinski definition) is 6. The Balaban J connectivity index is 0.933. The average Bonchev–Trinajstić information content (AvgIpc) is 3.72. The highest BCUT2D eigenvalue weighted by molar-refractivity contribution is 7.26. The Morgan fingerprint density at radius 1 is 0.339 bits per heavy atom. The molecule has 0 spiro atoms. The zero-order valence-electron chi connectivity index (χ0n) is 31.7. The minimum atomic E-state index is 0.626. The third-order valence-corrected chi connectivity index (χ3v) is 12.0. The first-order valence-corrected chi connectivity index (χ1v) is 20.4. The topological polar surface area (TPSA) is 64.5 Å². The van der Waals surface area contributed by atoms with Gasteiger partial charge >= 0.3 is 0 Å². The van der Waals surface area contributed by atoms with E-state index in [1.165, 1.54) is 25.7 Å². The van der Waals surface area contributed by atoms with E-state index in [1.807, 2.05) is 54.9 Å². The first kappa shape index (κ1) is 34.6. The van der Waals surface area contributed by atoms with Gasteiger partial charge in [-0.25, -0.2) is 19.9 Å². The summed E-state index contributed by atoms with van der Waals surface area (Å²) in [4.78, 5) is 24.6. The predicted molar refractivity (Wildman–Crippen MR) is 244 cm³/mol. The Hall–Kier alpha value is -7.67. The number of rotatable bonds is 7. The van der Waals surface area contributed by atoms with Crippen molar-refractivity contribution in [2.24, 2.45) is 0 Å². The molecule has 4 aromatic heterocycles. The van der Waals surface area contributed by atoms with E-state index in [0.29, 0.717) is 17.5 Å². The van der Waals surface area contributed by atoms with E-state index in [1.54, 1.807) is 11.3 Å². The number of hydrogen-bond donors (Lipinski definition) is 0. The molecule has 0 fully saturated rings. The molecule has 5 nitrogen and oxygen atoms in total. The maximum Gasteiger partial charge on any atom is 0.164 e. The van der Waals surface area contributed by atoms with Crippen LogP contribution in [0.5, 0.6) is 0 Å². The number of aromatic nitrogens is 5. The Labute approximate surface area is 345 Å². The Kier molecular flexibility index (Phi) is 8.60. The third-order valence-electron chi connectivity index (χ3n) is 10.8. The van der Waals surface area contributed by atoms with Crippen LogP contribution >= 0.6 is 11.3 Å². The minimum absolute atomic E-state index is 0.626. The van der Waals surface area contributed by atoms with E-state index in [2.05, 4.69) is 151 Å². The van der Waals surface area contributed by atoms with E-state index in [9.17, 15) is 0 Å². The summed E-state index contributed by atoms with van der Waals surface area (Å²) in [6.45, 7) is 0.